The maximum absolute atomic E-state index is 10.7. The normalized spacial score (nSPS) is 8.80. The number of hydrogen-bond donors (Lipinski definition) is 2. The summed E-state index contributed by atoms with van der Waals surface area (Å²) in [6.45, 7) is 3.42. The van der Waals surface area contributed by atoms with Gasteiger partial charge in [-0.1, -0.05) is 12.7 Å². The molecule has 0 unspecified atom stereocenters. The second kappa shape index (κ2) is 5.40. The average molecular weight is 199 g/mol. The van der Waals surface area contributed by atoms with Gasteiger partial charge in [-0.15, -0.1) is 0 Å². The zero-order chi connectivity index (χ0) is 10.7. The van der Waals surface area contributed by atoms with Crippen LogP contribution in [0.3, 0.4) is 0 Å². The maximum atomic E-state index is 10.7. The van der Waals surface area contributed by atoms with Gasteiger partial charge in [-0.3, -0.25) is 0 Å². The summed E-state index contributed by atoms with van der Waals surface area (Å²) in [6, 6.07) is 3.78. The molecule has 1 aromatic carbocycles. The minimum atomic E-state index is -1.10. The summed E-state index contributed by atoms with van der Waals surface area (Å²) in [5.41, 5.74) is 0.396. The van der Waals surface area contributed by atoms with Crippen molar-refractivity contribution in [3.63, 3.8) is 0 Å². The van der Waals surface area contributed by atoms with Gasteiger partial charge in [0.1, 0.15) is 0 Å². The van der Waals surface area contributed by atoms with Gasteiger partial charge in [0, 0.05) is 18.9 Å². The van der Waals surface area contributed by atoms with E-state index in [2.05, 4.69) is 6.58 Å². The van der Waals surface area contributed by atoms with E-state index in [0.717, 1.165) is 0 Å². The molecule has 0 spiro atoms. The van der Waals surface area contributed by atoms with E-state index in [1.54, 1.807) is 0 Å². The Labute approximate surface area is 98.4 Å². The number of carboxylic acid groups (broad SMARTS) is 2. The predicted molar refractivity (Wildman–Crippen MR) is 56.2 cm³/mol. The molecule has 0 saturated carbocycles. The van der Waals surface area contributed by atoms with E-state index in [1.807, 2.05) is 0 Å². The predicted octanol–water partition coefficient (Wildman–Crippen LogP) is 1.35. The van der Waals surface area contributed by atoms with Crippen molar-refractivity contribution in [2.24, 2.45) is 0 Å². The van der Waals surface area contributed by atoms with Crippen molar-refractivity contribution in [2.45, 2.75) is 0 Å². The first-order valence-corrected chi connectivity index (χ1v) is 3.79. The van der Waals surface area contributed by atoms with Crippen LogP contribution in [0.15, 0.2) is 24.8 Å². The second-order valence-electron chi connectivity index (χ2n) is 2.62. The third-order valence-electron chi connectivity index (χ3n) is 1.75. The maximum Gasteiger partial charge on any atom is 0.336 e. The van der Waals surface area contributed by atoms with Gasteiger partial charge in [0.05, 0.1) is 11.1 Å². The molecule has 2 N–H and O–H groups in total. The minimum Gasteiger partial charge on any atom is -0.478 e. The van der Waals surface area contributed by atoms with E-state index < -0.39 is 11.9 Å². The Morgan fingerprint density at radius 2 is 1.80 bits per heavy atom. The quantitative estimate of drug-likeness (QED) is 0.720. The summed E-state index contributed by atoms with van der Waals surface area (Å²) in [7, 11) is 0. The zero-order valence-corrected chi connectivity index (χ0v) is 8.23. The molecule has 73 valence electrons. The average Bonchev–Trinajstić information content (AvgIpc) is 2.16. The van der Waals surface area contributed by atoms with Crippen LogP contribution in [0.25, 0.3) is 6.08 Å². The molecule has 5 heteroatoms. The topological polar surface area (TPSA) is 74.6 Å². The van der Waals surface area contributed by atoms with Gasteiger partial charge >= 0.3 is 11.9 Å². The monoisotopic (exact) mass is 199 g/mol. The first kappa shape index (κ1) is 13.5. The van der Waals surface area contributed by atoms with E-state index in [-0.39, 0.29) is 30.0 Å². The van der Waals surface area contributed by atoms with Gasteiger partial charge in [-0.05, 0) is 23.8 Å². The molecule has 0 aliphatic rings. The number of hydrogen-bond acceptors (Lipinski definition) is 2. The van der Waals surface area contributed by atoms with Crippen molar-refractivity contribution in [1.82, 2.24) is 0 Å². The molecule has 0 fully saturated rings. The van der Waals surface area contributed by atoms with E-state index in [4.69, 9.17) is 10.2 Å². The fourth-order valence-electron chi connectivity index (χ4n) is 1.06. The summed E-state index contributed by atoms with van der Waals surface area (Å²) in [5, 5.41) is 17.4. The Hall–Kier alpha value is -1.50. The van der Waals surface area contributed by atoms with Gasteiger partial charge < -0.3 is 10.2 Å². The third kappa shape index (κ3) is 2.98. The standard InChI is InChI=1S/C10H8O4.Li/c1-2-6-5-7(9(11)12)3-4-8(6)10(13)14;/h2-5H,1H2,(H,11,12)(H,13,14);. The van der Waals surface area contributed by atoms with Crippen LogP contribution in [0.1, 0.15) is 26.3 Å². The van der Waals surface area contributed by atoms with Crippen LogP contribution in [0.4, 0.5) is 0 Å². The van der Waals surface area contributed by atoms with Crippen LogP contribution < -0.4 is 0 Å². The summed E-state index contributed by atoms with van der Waals surface area (Å²) in [4.78, 5) is 21.2. The molecule has 0 saturated heterocycles. The molecule has 0 aliphatic heterocycles. The van der Waals surface area contributed by atoms with Crippen molar-refractivity contribution in [3.05, 3.63) is 41.5 Å². The molecular formula is C10H8LiO4. The van der Waals surface area contributed by atoms with Crippen LogP contribution in [0.5, 0.6) is 0 Å². The molecule has 15 heavy (non-hydrogen) atoms. The van der Waals surface area contributed by atoms with E-state index in [1.165, 1.54) is 24.3 Å². The molecule has 1 aromatic rings. The molecule has 1 radical (unpaired) electrons. The first-order valence-electron chi connectivity index (χ1n) is 3.79. The van der Waals surface area contributed by atoms with Crippen LogP contribution in [0, 0.1) is 0 Å². The second-order valence-corrected chi connectivity index (χ2v) is 2.62. The van der Waals surface area contributed by atoms with Crippen molar-refractivity contribution in [3.8, 4) is 0 Å². The summed E-state index contributed by atoms with van der Waals surface area (Å²) in [6.07, 6.45) is 1.32. The van der Waals surface area contributed by atoms with Crippen molar-refractivity contribution in [1.29, 1.82) is 0 Å². The fraction of sp³-hybridized carbons (Fsp3) is 0. The van der Waals surface area contributed by atoms with Crippen molar-refractivity contribution >= 4 is 36.9 Å². The van der Waals surface area contributed by atoms with Gasteiger partial charge in [0.15, 0.2) is 0 Å². The van der Waals surface area contributed by atoms with E-state index >= 15 is 0 Å². The van der Waals surface area contributed by atoms with Gasteiger partial charge in [0.25, 0.3) is 0 Å². The molecule has 0 amide bonds. The molecule has 1 rings (SSSR count). The number of aromatic carboxylic acids is 2. The van der Waals surface area contributed by atoms with Crippen molar-refractivity contribution in [2.75, 3.05) is 0 Å². The number of carbonyl (C=O) groups is 2. The Balaban J connectivity index is 0.00000196. The number of rotatable bonds is 3. The van der Waals surface area contributed by atoms with Crippen molar-refractivity contribution < 1.29 is 19.8 Å². The van der Waals surface area contributed by atoms with Crippen LogP contribution in [-0.4, -0.2) is 41.0 Å². The Bertz CT molecular complexity index is 412. The molecule has 0 aliphatic carbocycles. The summed E-state index contributed by atoms with van der Waals surface area (Å²) < 4.78 is 0. The SMILES string of the molecule is C=Cc1cc(C(=O)O)ccc1C(=O)O.[Li]. The van der Waals surface area contributed by atoms with Gasteiger partial charge in [-0.2, -0.15) is 0 Å². The van der Waals surface area contributed by atoms with Gasteiger partial charge in [-0.25, -0.2) is 9.59 Å². The number of carboxylic acids is 2. The van der Waals surface area contributed by atoms with Crippen LogP contribution in [-0.2, 0) is 0 Å². The Morgan fingerprint density at radius 3 is 2.20 bits per heavy atom. The fourth-order valence-corrected chi connectivity index (χ4v) is 1.06. The molecule has 4 nitrogen and oxygen atoms in total. The Morgan fingerprint density at radius 1 is 1.20 bits per heavy atom. The molecule has 0 bridgehead atoms. The van der Waals surface area contributed by atoms with E-state index in [9.17, 15) is 9.59 Å². The molecule has 0 aromatic heterocycles. The summed E-state index contributed by atoms with van der Waals surface area (Å²) in [5.74, 6) is -2.19. The van der Waals surface area contributed by atoms with Crippen LogP contribution in [0.2, 0.25) is 0 Å². The third-order valence-corrected chi connectivity index (χ3v) is 1.75. The summed E-state index contributed by atoms with van der Waals surface area (Å²) >= 11 is 0. The smallest absolute Gasteiger partial charge is 0.336 e. The first-order chi connectivity index (χ1) is 6.56. The number of benzene rings is 1. The zero-order valence-electron chi connectivity index (χ0n) is 8.23. The minimum absolute atomic E-state index is 0. The Kier molecular flexibility index (Phi) is 4.86. The molecular weight excluding hydrogens is 191 g/mol. The molecule has 0 heterocycles. The largest absolute Gasteiger partial charge is 0.478 e. The molecule has 0 atom stereocenters. The van der Waals surface area contributed by atoms with Gasteiger partial charge in [0.2, 0.25) is 0 Å². The van der Waals surface area contributed by atoms with Crippen LogP contribution >= 0.6 is 0 Å². The van der Waals surface area contributed by atoms with E-state index in [0.29, 0.717) is 5.56 Å².